The Kier molecular flexibility index (Phi) is 8.77. The lowest BCUT2D eigenvalue weighted by Gasteiger charge is -2.49. The lowest BCUT2D eigenvalue weighted by Crippen LogP contribution is -2.57. The fourth-order valence-corrected chi connectivity index (χ4v) is 7.92. The molecule has 0 amide bonds. The van der Waals surface area contributed by atoms with Gasteiger partial charge in [-0.1, -0.05) is 6.42 Å². The largest absolute Gasteiger partial charge is 0.497 e. The van der Waals surface area contributed by atoms with Crippen molar-refractivity contribution in [1.29, 1.82) is 0 Å². The maximum Gasteiger partial charge on any atom is 0.153 e. The Morgan fingerprint density at radius 3 is 2.29 bits per heavy atom. The molecule has 5 nitrogen and oxygen atoms in total. The van der Waals surface area contributed by atoms with Crippen LogP contribution in [0.15, 0.2) is 48.5 Å². The average molecular weight is 588 g/mol. The fraction of sp³-hybridized carbons (Fsp3) is 0.444. The first-order valence-electron chi connectivity index (χ1n) is 15.0. The van der Waals surface area contributed by atoms with E-state index in [0.717, 1.165) is 66.0 Å². The van der Waals surface area contributed by atoms with E-state index in [-0.39, 0.29) is 5.54 Å². The summed E-state index contributed by atoms with van der Waals surface area (Å²) in [5.74, 6) is 4.28. The number of hydrogen-bond acceptors (Lipinski definition) is 6. The highest BCUT2D eigenvalue weighted by Crippen LogP contribution is 2.49. The minimum absolute atomic E-state index is 0.194. The molecular weight excluding hydrogens is 542 g/mol. The van der Waals surface area contributed by atoms with Crippen LogP contribution in [0.3, 0.4) is 0 Å². The number of hydrogen-bond donors (Lipinski definition) is 0. The van der Waals surface area contributed by atoms with Gasteiger partial charge >= 0.3 is 0 Å². The van der Waals surface area contributed by atoms with Gasteiger partial charge in [0, 0.05) is 27.7 Å². The number of nitrogens with zero attached hydrogens (tertiary/aromatic N) is 1. The lowest BCUT2D eigenvalue weighted by atomic mass is 9.85. The molecular formula is C36H45NO4S. The lowest BCUT2D eigenvalue weighted by molar-refractivity contribution is -0.0169. The van der Waals surface area contributed by atoms with E-state index in [9.17, 15) is 0 Å². The second-order valence-electron chi connectivity index (χ2n) is 12.4. The van der Waals surface area contributed by atoms with E-state index >= 15 is 0 Å². The molecule has 1 aromatic heterocycles. The van der Waals surface area contributed by atoms with Crippen molar-refractivity contribution in [2.45, 2.75) is 85.4 Å². The molecule has 0 saturated carbocycles. The molecule has 2 unspecified atom stereocenters. The number of aryl methyl sites for hydroxylation is 3. The molecule has 0 radical (unpaired) electrons. The normalized spacial score (nSPS) is 17.7. The summed E-state index contributed by atoms with van der Waals surface area (Å²) in [6, 6.07) is 17.5. The van der Waals surface area contributed by atoms with E-state index in [1.54, 1.807) is 25.6 Å². The molecule has 4 aromatic rings. The van der Waals surface area contributed by atoms with Gasteiger partial charge in [-0.15, -0.1) is 11.3 Å². The molecule has 2 heterocycles. The molecule has 0 N–H and O–H groups in total. The van der Waals surface area contributed by atoms with Crippen molar-refractivity contribution in [3.63, 3.8) is 0 Å². The zero-order chi connectivity index (χ0) is 30.2. The first kappa shape index (κ1) is 30.2. The van der Waals surface area contributed by atoms with Gasteiger partial charge in [-0.05, 0) is 132 Å². The smallest absolute Gasteiger partial charge is 0.153 e. The number of likely N-dealkylation sites (tertiary alicyclic amines) is 1. The van der Waals surface area contributed by atoms with Crippen LogP contribution in [-0.2, 0) is 0 Å². The van der Waals surface area contributed by atoms with E-state index in [1.807, 2.05) is 18.2 Å². The number of thiophene rings is 1. The van der Waals surface area contributed by atoms with Crippen LogP contribution in [0.25, 0.3) is 20.5 Å². The molecule has 42 heavy (non-hydrogen) atoms. The Morgan fingerprint density at radius 2 is 1.62 bits per heavy atom. The summed E-state index contributed by atoms with van der Waals surface area (Å²) < 4.78 is 25.4. The first-order valence-corrected chi connectivity index (χ1v) is 15.8. The van der Waals surface area contributed by atoms with Crippen molar-refractivity contribution in [3.05, 3.63) is 65.2 Å². The minimum atomic E-state index is 0.194. The van der Waals surface area contributed by atoms with E-state index in [0.29, 0.717) is 18.7 Å². The summed E-state index contributed by atoms with van der Waals surface area (Å²) in [6.07, 6.45) is 3.78. The van der Waals surface area contributed by atoms with Gasteiger partial charge in [0.2, 0.25) is 0 Å². The average Bonchev–Trinajstić information content (AvgIpc) is 3.28. The van der Waals surface area contributed by atoms with E-state index in [2.05, 4.69) is 83.7 Å². The molecule has 2 atom stereocenters. The van der Waals surface area contributed by atoms with Crippen molar-refractivity contribution >= 4 is 21.4 Å². The van der Waals surface area contributed by atoms with Crippen molar-refractivity contribution < 1.29 is 18.9 Å². The molecule has 6 heteroatoms. The highest BCUT2D eigenvalue weighted by molar-refractivity contribution is 7.22. The van der Waals surface area contributed by atoms with Crippen molar-refractivity contribution in [2.75, 3.05) is 20.8 Å². The Bertz CT molecular complexity index is 1570. The summed E-state index contributed by atoms with van der Waals surface area (Å²) >= 11 is 1.72. The molecule has 1 aliphatic rings. The third-order valence-corrected chi connectivity index (χ3v) is 9.91. The molecule has 5 rings (SSSR count). The minimum Gasteiger partial charge on any atom is -0.497 e. The Morgan fingerprint density at radius 1 is 0.905 bits per heavy atom. The number of ether oxygens (including phenoxy) is 4. The Hall–Kier alpha value is -3.22. The second kappa shape index (κ2) is 12.2. The van der Waals surface area contributed by atoms with Gasteiger partial charge in [0.15, 0.2) is 5.75 Å². The number of piperidine rings is 1. The quantitative estimate of drug-likeness (QED) is 0.195. The number of rotatable bonds is 9. The van der Waals surface area contributed by atoms with Gasteiger partial charge in [-0.25, -0.2) is 0 Å². The van der Waals surface area contributed by atoms with Crippen LogP contribution in [0.4, 0.5) is 0 Å². The van der Waals surface area contributed by atoms with Crippen molar-refractivity contribution in [3.8, 4) is 39.2 Å². The first-order chi connectivity index (χ1) is 20.0. The topological polar surface area (TPSA) is 40.2 Å². The Labute approximate surface area is 255 Å². The van der Waals surface area contributed by atoms with Crippen LogP contribution >= 0.6 is 11.3 Å². The fourth-order valence-electron chi connectivity index (χ4n) is 6.69. The predicted molar refractivity (Wildman–Crippen MR) is 175 cm³/mol. The van der Waals surface area contributed by atoms with Gasteiger partial charge < -0.3 is 18.9 Å². The third kappa shape index (κ3) is 5.97. The standard InChI is InChI=1S/C36H45NO4S/c1-22-17-27(38-8)12-14-29(22)35-34(30-19-24(3)32(39-9)20-33(30)42-35)41-31-15-13-28(18-23(31)2)40-21-26(5)37-25(4)11-10-16-36(37,6)7/h12-15,17-20,25-26H,10-11,16,21H2,1-9H3. The third-order valence-electron chi connectivity index (χ3n) is 8.75. The molecule has 3 aromatic carbocycles. The molecule has 1 saturated heterocycles. The number of benzene rings is 3. The zero-order valence-corrected chi connectivity index (χ0v) is 27.4. The van der Waals surface area contributed by atoms with Crippen LogP contribution in [0.5, 0.6) is 28.7 Å². The van der Waals surface area contributed by atoms with E-state index < -0.39 is 0 Å². The molecule has 0 bridgehead atoms. The highest BCUT2D eigenvalue weighted by Gasteiger charge is 2.37. The van der Waals surface area contributed by atoms with Crippen molar-refractivity contribution in [1.82, 2.24) is 4.90 Å². The van der Waals surface area contributed by atoms with Gasteiger partial charge in [0.05, 0.1) is 19.1 Å². The van der Waals surface area contributed by atoms with Crippen LogP contribution in [0.2, 0.25) is 0 Å². The molecule has 224 valence electrons. The Balaban J connectivity index is 1.43. The summed E-state index contributed by atoms with van der Waals surface area (Å²) in [6.45, 7) is 16.3. The summed E-state index contributed by atoms with van der Waals surface area (Å²) in [4.78, 5) is 3.73. The van der Waals surface area contributed by atoms with Crippen LogP contribution in [0.1, 0.15) is 63.6 Å². The maximum atomic E-state index is 6.78. The van der Waals surface area contributed by atoms with Crippen LogP contribution in [0, 0.1) is 20.8 Å². The summed E-state index contributed by atoms with van der Waals surface area (Å²) in [5, 5.41) is 1.08. The monoisotopic (exact) mass is 587 g/mol. The van der Waals surface area contributed by atoms with Gasteiger partial charge in [0.25, 0.3) is 0 Å². The SMILES string of the molecule is COc1ccc(-c2sc3cc(OC)c(C)cc3c2Oc2ccc(OCC(C)N3C(C)CCCC3(C)C)cc2C)c(C)c1. The van der Waals surface area contributed by atoms with Gasteiger partial charge in [0.1, 0.15) is 29.6 Å². The van der Waals surface area contributed by atoms with E-state index in [1.165, 1.54) is 19.3 Å². The molecule has 1 fully saturated rings. The van der Waals surface area contributed by atoms with Gasteiger partial charge in [-0.3, -0.25) is 4.90 Å². The summed E-state index contributed by atoms with van der Waals surface area (Å²) in [5.41, 5.74) is 4.57. The molecule has 0 spiro atoms. The van der Waals surface area contributed by atoms with Crippen molar-refractivity contribution in [2.24, 2.45) is 0 Å². The highest BCUT2D eigenvalue weighted by atomic mass is 32.1. The molecule has 0 aliphatic carbocycles. The number of fused-ring (bicyclic) bond motifs is 1. The van der Waals surface area contributed by atoms with Gasteiger partial charge in [-0.2, -0.15) is 0 Å². The van der Waals surface area contributed by atoms with Crippen LogP contribution < -0.4 is 18.9 Å². The van der Waals surface area contributed by atoms with Crippen LogP contribution in [-0.4, -0.2) is 43.3 Å². The predicted octanol–water partition coefficient (Wildman–Crippen LogP) is 9.72. The second-order valence-corrected chi connectivity index (χ2v) is 13.5. The molecule has 1 aliphatic heterocycles. The number of methoxy groups -OCH3 is 2. The summed E-state index contributed by atoms with van der Waals surface area (Å²) in [7, 11) is 3.42. The van der Waals surface area contributed by atoms with E-state index in [4.69, 9.17) is 18.9 Å². The zero-order valence-electron chi connectivity index (χ0n) is 26.6. The maximum absolute atomic E-state index is 6.78.